The minimum absolute atomic E-state index is 0.0998. The van der Waals surface area contributed by atoms with Crippen molar-refractivity contribution in [2.45, 2.75) is 0 Å². The Morgan fingerprint density at radius 3 is 2.10 bits per heavy atom. The molecule has 0 aliphatic carbocycles. The van der Waals surface area contributed by atoms with Gasteiger partial charge in [-0.1, -0.05) is 36.4 Å². The lowest BCUT2D eigenvalue weighted by Crippen LogP contribution is -2.32. The molecule has 30 heavy (non-hydrogen) atoms. The van der Waals surface area contributed by atoms with Crippen LogP contribution >= 0.6 is 31.9 Å². The number of halogens is 2. The van der Waals surface area contributed by atoms with Gasteiger partial charge in [-0.3, -0.25) is 15.2 Å². The number of hydrazine groups is 1. The molecule has 0 radical (unpaired) electrons. The van der Waals surface area contributed by atoms with Crippen LogP contribution in [-0.2, 0) is 4.79 Å². The van der Waals surface area contributed by atoms with Gasteiger partial charge < -0.3 is 5.11 Å². The molecule has 7 heteroatoms. The molecular formula is C23H17Br2N3O2. The number of carbonyl (C=O) groups excluding carboxylic acids is 1. The molecule has 5 nitrogen and oxygen atoms in total. The Labute approximate surface area is 189 Å². The molecule has 0 aliphatic rings. The van der Waals surface area contributed by atoms with Crippen molar-refractivity contribution in [1.82, 2.24) is 5.43 Å². The number of nitrogens with one attached hydrogen (secondary N) is 1. The zero-order valence-electron chi connectivity index (χ0n) is 15.7. The molecule has 4 N–H and O–H groups in total. The highest BCUT2D eigenvalue weighted by molar-refractivity contribution is 9.11. The van der Waals surface area contributed by atoms with Crippen LogP contribution in [-0.4, -0.2) is 23.3 Å². The van der Waals surface area contributed by atoms with Crippen LogP contribution in [0.1, 0.15) is 11.1 Å². The number of hydrogen-bond acceptors (Lipinski definition) is 4. The number of aliphatic imine (C=N–C) groups is 1. The van der Waals surface area contributed by atoms with Crippen molar-refractivity contribution in [3.63, 3.8) is 0 Å². The lowest BCUT2D eigenvalue weighted by molar-refractivity contribution is -0.119. The first-order valence-electron chi connectivity index (χ1n) is 9.11. The number of amides is 1. The Morgan fingerprint density at radius 1 is 0.867 bits per heavy atom. The van der Waals surface area contributed by atoms with E-state index in [-0.39, 0.29) is 12.3 Å². The fourth-order valence-electron chi connectivity index (χ4n) is 3.34. The van der Waals surface area contributed by atoms with E-state index in [0.29, 0.717) is 14.7 Å². The lowest BCUT2D eigenvalue weighted by atomic mass is 9.97. The average molecular weight is 527 g/mol. The van der Waals surface area contributed by atoms with Crippen LogP contribution in [0.25, 0.3) is 21.5 Å². The Bertz CT molecular complexity index is 1300. The number of phenols is 1. The van der Waals surface area contributed by atoms with Gasteiger partial charge in [0.15, 0.2) is 0 Å². The van der Waals surface area contributed by atoms with Gasteiger partial charge >= 0.3 is 0 Å². The number of benzene rings is 4. The van der Waals surface area contributed by atoms with Gasteiger partial charge in [-0.25, -0.2) is 5.84 Å². The van der Waals surface area contributed by atoms with Crippen LogP contribution < -0.4 is 11.3 Å². The van der Waals surface area contributed by atoms with Gasteiger partial charge in [0, 0.05) is 11.1 Å². The van der Waals surface area contributed by atoms with Crippen LogP contribution in [0.15, 0.2) is 80.7 Å². The van der Waals surface area contributed by atoms with Crippen molar-refractivity contribution >= 4 is 65.0 Å². The fourth-order valence-corrected chi connectivity index (χ4v) is 4.52. The van der Waals surface area contributed by atoms with Gasteiger partial charge in [0.25, 0.3) is 5.91 Å². The van der Waals surface area contributed by atoms with Crippen LogP contribution in [0, 0.1) is 0 Å². The highest BCUT2D eigenvalue weighted by atomic mass is 79.9. The minimum atomic E-state index is -0.392. The summed E-state index contributed by atoms with van der Waals surface area (Å²) in [5, 5.41) is 14.6. The predicted molar refractivity (Wildman–Crippen MR) is 128 cm³/mol. The predicted octanol–water partition coefficient (Wildman–Crippen LogP) is 5.05. The maximum Gasteiger partial charge on any atom is 0.255 e. The summed E-state index contributed by atoms with van der Waals surface area (Å²) in [6.45, 7) is -0.113. The second kappa shape index (κ2) is 8.55. The molecule has 0 aromatic heterocycles. The molecule has 1 amide bonds. The molecule has 150 valence electrons. The van der Waals surface area contributed by atoms with Gasteiger partial charge in [-0.2, -0.15) is 0 Å². The molecule has 4 aromatic rings. The van der Waals surface area contributed by atoms with E-state index in [9.17, 15) is 9.90 Å². The Kier molecular flexibility index (Phi) is 5.85. The van der Waals surface area contributed by atoms with Gasteiger partial charge in [0.1, 0.15) is 12.3 Å². The molecule has 0 spiro atoms. The summed E-state index contributed by atoms with van der Waals surface area (Å²) in [6, 6.07) is 22.1. The highest BCUT2D eigenvalue weighted by Crippen LogP contribution is 2.34. The van der Waals surface area contributed by atoms with Gasteiger partial charge in [0.05, 0.1) is 14.7 Å². The minimum Gasteiger partial charge on any atom is -0.506 e. The van der Waals surface area contributed by atoms with E-state index in [1.54, 1.807) is 12.1 Å². The molecule has 0 saturated carbocycles. The highest BCUT2D eigenvalue weighted by Gasteiger charge is 2.14. The van der Waals surface area contributed by atoms with E-state index in [4.69, 9.17) is 5.84 Å². The molecule has 0 atom stereocenters. The molecule has 0 bridgehead atoms. The molecule has 0 heterocycles. The summed E-state index contributed by atoms with van der Waals surface area (Å²) in [6.07, 6.45) is 0. The standard InChI is InChI=1S/C23H17Br2N3O2/c24-19-10-18(11-20(25)23(19)30)22(27-12-21(29)28-26)16-6-5-15-7-13-3-1-2-4-14(13)8-17(15)9-16/h1-11,30H,12,26H2,(H,28,29). The van der Waals surface area contributed by atoms with Crippen molar-refractivity contribution in [2.24, 2.45) is 10.8 Å². The molecule has 4 rings (SSSR count). The normalized spacial score (nSPS) is 11.8. The Hall–Kier alpha value is -2.74. The summed E-state index contributed by atoms with van der Waals surface area (Å²) in [5.41, 5.74) is 4.32. The van der Waals surface area contributed by atoms with Crippen molar-refractivity contribution < 1.29 is 9.90 Å². The number of carbonyl (C=O) groups is 1. The van der Waals surface area contributed by atoms with Gasteiger partial charge in [-0.15, -0.1) is 0 Å². The van der Waals surface area contributed by atoms with Crippen LogP contribution in [0.2, 0.25) is 0 Å². The van der Waals surface area contributed by atoms with Gasteiger partial charge in [-0.05, 0) is 83.7 Å². The van der Waals surface area contributed by atoms with E-state index in [1.165, 1.54) is 5.39 Å². The topological polar surface area (TPSA) is 87.7 Å². The number of fused-ring (bicyclic) bond motifs is 2. The lowest BCUT2D eigenvalue weighted by Gasteiger charge is -2.12. The van der Waals surface area contributed by atoms with E-state index >= 15 is 0 Å². The Balaban J connectivity index is 1.88. The van der Waals surface area contributed by atoms with E-state index in [2.05, 4.69) is 72.6 Å². The maximum absolute atomic E-state index is 11.7. The summed E-state index contributed by atoms with van der Waals surface area (Å²) in [7, 11) is 0. The molecule has 0 aliphatic heterocycles. The first-order valence-corrected chi connectivity index (χ1v) is 10.7. The molecule has 0 fully saturated rings. The molecule has 4 aromatic carbocycles. The number of rotatable bonds is 4. The second-order valence-electron chi connectivity index (χ2n) is 6.78. The molecule has 0 unspecified atom stereocenters. The summed E-state index contributed by atoms with van der Waals surface area (Å²) < 4.78 is 1.05. The number of nitrogens with two attached hydrogens (primary N) is 1. The zero-order chi connectivity index (χ0) is 21.3. The third kappa shape index (κ3) is 4.09. The van der Waals surface area contributed by atoms with E-state index in [1.807, 2.05) is 24.3 Å². The van der Waals surface area contributed by atoms with Crippen LogP contribution in [0.3, 0.4) is 0 Å². The van der Waals surface area contributed by atoms with Crippen molar-refractivity contribution in [1.29, 1.82) is 0 Å². The van der Waals surface area contributed by atoms with Gasteiger partial charge in [0.2, 0.25) is 0 Å². The van der Waals surface area contributed by atoms with E-state index in [0.717, 1.165) is 27.3 Å². The zero-order valence-corrected chi connectivity index (χ0v) is 18.9. The maximum atomic E-state index is 11.7. The van der Waals surface area contributed by atoms with Crippen LogP contribution in [0.4, 0.5) is 0 Å². The number of hydrogen-bond donors (Lipinski definition) is 3. The van der Waals surface area contributed by atoms with Crippen molar-refractivity contribution in [3.05, 3.63) is 86.8 Å². The third-order valence-electron chi connectivity index (χ3n) is 4.81. The summed E-state index contributed by atoms with van der Waals surface area (Å²) in [4.78, 5) is 16.2. The molecular weight excluding hydrogens is 510 g/mol. The number of aromatic hydroxyl groups is 1. The summed E-state index contributed by atoms with van der Waals surface area (Å²) >= 11 is 6.73. The Morgan fingerprint density at radius 2 is 1.47 bits per heavy atom. The van der Waals surface area contributed by atoms with Crippen molar-refractivity contribution in [2.75, 3.05) is 6.54 Å². The monoisotopic (exact) mass is 525 g/mol. The molecule has 0 saturated heterocycles. The van der Waals surface area contributed by atoms with E-state index < -0.39 is 5.91 Å². The smallest absolute Gasteiger partial charge is 0.255 e. The first-order chi connectivity index (χ1) is 14.5. The number of phenolic OH excluding ortho intramolecular Hbond substituents is 1. The quantitative estimate of drug-likeness (QED) is 0.114. The third-order valence-corrected chi connectivity index (χ3v) is 6.02. The second-order valence-corrected chi connectivity index (χ2v) is 8.49. The van der Waals surface area contributed by atoms with Crippen molar-refractivity contribution in [3.8, 4) is 5.75 Å². The summed E-state index contributed by atoms with van der Waals surface area (Å²) in [5.74, 6) is 4.92. The van der Waals surface area contributed by atoms with Crippen LogP contribution in [0.5, 0.6) is 5.75 Å². The SMILES string of the molecule is NNC(=O)CN=C(c1cc(Br)c(O)c(Br)c1)c1ccc2cc3ccccc3cc2c1. The fraction of sp³-hybridized carbons (Fsp3) is 0.0435. The average Bonchev–Trinajstić information content (AvgIpc) is 2.75. The number of nitrogens with zero attached hydrogens (tertiary/aromatic N) is 1. The largest absolute Gasteiger partial charge is 0.506 e. The first kappa shape index (κ1) is 20.5.